The van der Waals surface area contributed by atoms with E-state index in [1.54, 1.807) is 0 Å². The largest absolute Gasteiger partial charge is 0.309 e. The number of benzene rings is 7. The number of hydrogen-bond donors (Lipinski definition) is 0. The molecule has 0 fully saturated rings. The molecule has 49 heavy (non-hydrogen) atoms. The highest BCUT2D eigenvalue weighted by atomic mass is 32.1. The Kier molecular flexibility index (Phi) is 5.84. The first-order valence-electron chi connectivity index (χ1n) is 16.1. The van der Waals surface area contributed by atoms with Crippen molar-refractivity contribution in [2.45, 2.75) is 0 Å². The molecule has 0 aliphatic rings. The van der Waals surface area contributed by atoms with E-state index in [1.807, 2.05) is 35.6 Å². The van der Waals surface area contributed by atoms with Gasteiger partial charge in [-0.1, -0.05) is 60.7 Å². The molecule has 0 N–H and O–H groups in total. The monoisotopic (exact) mass is 640 g/mol. The number of thiophene rings is 1. The van der Waals surface area contributed by atoms with Crippen molar-refractivity contribution in [2.24, 2.45) is 0 Å². The van der Waals surface area contributed by atoms with Gasteiger partial charge < -0.3 is 9.13 Å². The summed E-state index contributed by atoms with van der Waals surface area (Å²) in [5.74, 6) is 0. The van der Waals surface area contributed by atoms with Crippen LogP contribution in [0.3, 0.4) is 0 Å². The summed E-state index contributed by atoms with van der Waals surface area (Å²) in [4.78, 5) is 0. The molecule has 4 nitrogen and oxygen atoms in total. The molecule has 10 aromatic rings. The zero-order valence-corrected chi connectivity index (χ0v) is 26.9. The fraction of sp³-hybridized carbons (Fsp3) is 0. The Hall–Kier alpha value is -6.66. The van der Waals surface area contributed by atoms with Crippen molar-refractivity contribution in [2.75, 3.05) is 0 Å². The number of fused-ring (bicyclic) bond motifs is 10. The van der Waals surface area contributed by atoms with Gasteiger partial charge in [-0.05, 0) is 96.1 Å². The molecule has 0 atom stereocenters. The van der Waals surface area contributed by atoms with E-state index < -0.39 is 0 Å². The summed E-state index contributed by atoms with van der Waals surface area (Å²) in [5.41, 5.74) is 10.0. The average Bonchev–Trinajstić information content (AvgIpc) is 3.81. The van der Waals surface area contributed by atoms with E-state index in [1.165, 1.54) is 25.6 Å². The van der Waals surface area contributed by atoms with E-state index >= 15 is 0 Å². The van der Waals surface area contributed by atoms with Crippen LogP contribution < -0.4 is 0 Å². The number of para-hydroxylation sites is 1. The molecule has 226 valence electrons. The molecule has 3 heterocycles. The van der Waals surface area contributed by atoms with Gasteiger partial charge in [0, 0.05) is 53.1 Å². The van der Waals surface area contributed by atoms with E-state index in [0.717, 1.165) is 60.7 Å². The Labute approximate surface area is 285 Å². The number of nitrogens with zero attached hydrogens (tertiary/aromatic N) is 4. The Balaban J connectivity index is 1.18. The van der Waals surface area contributed by atoms with Crippen LogP contribution in [0, 0.1) is 22.7 Å². The molecule has 0 unspecified atom stereocenters. The van der Waals surface area contributed by atoms with Crippen molar-refractivity contribution in [1.29, 1.82) is 10.5 Å². The molecule has 0 spiro atoms. The van der Waals surface area contributed by atoms with Crippen LogP contribution in [0.15, 0.2) is 146 Å². The zero-order chi connectivity index (χ0) is 32.6. The predicted molar refractivity (Wildman–Crippen MR) is 203 cm³/mol. The van der Waals surface area contributed by atoms with Crippen LogP contribution in [0.4, 0.5) is 0 Å². The maximum absolute atomic E-state index is 9.86. The SMILES string of the molecule is N#Cc1ccc2c(c1)c1ccccc1n2-c1cccc(-c2cccc(-n3c4ccc(C#N)cc4c4c5c(ccc43)sc3ccccc35)c2)c1. The van der Waals surface area contributed by atoms with E-state index in [0.29, 0.717) is 11.1 Å². The van der Waals surface area contributed by atoms with Gasteiger partial charge in [0.2, 0.25) is 0 Å². The van der Waals surface area contributed by atoms with Crippen molar-refractivity contribution in [3.8, 4) is 34.6 Å². The first-order chi connectivity index (χ1) is 24.2. The summed E-state index contributed by atoms with van der Waals surface area (Å²) in [7, 11) is 0. The first-order valence-corrected chi connectivity index (χ1v) is 16.9. The maximum Gasteiger partial charge on any atom is 0.0991 e. The van der Waals surface area contributed by atoms with E-state index in [9.17, 15) is 10.5 Å². The minimum absolute atomic E-state index is 0.655. The van der Waals surface area contributed by atoms with Crippen LogP contribution in [0.5, 0.6) is 0 Å². The third-order valence-electron chi connectivity index (χ3n) is 9.74. The van der Waals surface area contributed by atoms with Crippen molar-refractivity contribution in [1.82, 2.24) is 9.13 Å². The van der Waals surface area contributed by atoms with Gasteiger partial charge in [-0.2, -0.15) is 10.5 Å². The maximum atomic E-state index is 9.86. The molecule has 7 aromatic carbocycles. The second kappa shape index (κ2) is 10.4. The highest BCUT2D eigenvalue weighted by molar-refractivity contribution is 7.26. The number of hydrogen-bond acceptors (Lipinski definition) is 3. The standard InChI is InChI=1S/C44H24N4S/c45-25-27-15-17-38-35(21-27)33-11-1-3-13-37(33)47(38)31-9-5-7-29(23-31)30-8-6-10-32(24-30)48-39-18-16-28(26-46)22-36(39)43-40(48)19-20-42-44(43)34-12-2-4-14-41(34)49-42/h1-24H. The van der Waals surface area contributed by atoms with Crippen molar-refractivity contribution >= 4 is 75.1 Å². The minimum Gasteiger partial charge on any atom is -0.309 e. The lowest BCUT2D eigenvalue weighted by atomic mass is 10.0. The summed E-state index contributed by atoms with van der Waals surface area (Å²) >= 11 is 1.81. The Morgan fingerprint density at radius 3 is 1.69 bits per heavy atom. The predicted octanol–water partition coefficient (Wildman–Crippen LogP) is 11.7. The Morgan fingerprint density at radius 1 is 0.408 bits per heavy atom. The summed E-state index contributed by atoms with van der Waals surface area (Å²) in [6.45, 7) is 0. The van der Waals surface area contributed by atoms with Gasteiger partial charge in [0.1, 0.15) is 0 Å². The van der Waals surface area contributed by atoms with Gasteiger partial charge in [-0.3, -0.25) is 0 Å². The van der Waals surface area contributed by atoms with Crippen LogP contribution in [0.25, 0.3) is 86.3 Å². The molecule has 5 heteroatoms. The van der Waals surface area contributed by atoms with Gasteiger partial charge in [0.25, 0.3) is 0 Å². The van der Waals surface area contributed by atoms with Gasteiger partial charge in [0.05, 0.1) is 45.3 Å². The number of nitriles is 2. The lowest BCUT2D eigenvalue weighted by Crippen LogP contribution is -1.96. The van der Waals surface area contributed by atoms with Crippen LogP contribution in [0.1, 0.15) is 11.1 Å². The molecular weight excluding hydrogens is 617 g/mol. The normalized spacial score (nSPS) is 11.6. The lowest BCUT2D eigenvalue weighted by molar-refractivity contribution is 1.17. The molecule has 0 radical (unpaired) electrons. The van der Waals surface area contributed by atoms with E-state index in [4.69, 9.17) is 0 Å². The number of rotatable bonds is 3. The molecule has 0 aliphatic heterocycles. The van der Waals surface area contributed by atoms with Crippen molar-refractivity contribution in [3.63, 3.8) is 0 Å². The molecule has 0 saturated heterocycles. The summed E-state index contributed by atoms with van der Waals surface area (Å²) in [5, 5.41) is 26.4. The second-order valence-electron chi connectivity index (χ2n) is 12.4. The molecule has 0 saturated carbocycles. The zero-order valence-electron chi connectivity index (χ0n) is 26.1. The molecule has 10 rings (SSSR count). The smallest absolute Gasteiger partial charge is 0.0991 e. The highest BCUT2D eigenvalue weighted by Crippen LogP contribution is 2.44. The molecule has 0 amide bonds. The third-order valence-corrected chi connectivity index (χ3v) is 10.9. The number of aromatic nitrogens is 2. The Bertz CT molecular complexity index is 3090. The van der Waals surface area contributed by atoms with Gasteiger partial charge in [-0.15, -0.1) is 11.3 Å². The Morgan fingerprint density at radius 2 is 0.980 bits per heavy atom. The van der Waals surface area contributed by atoms with Crippen molar-refractivity contribution < 1.29 is 0 Å². The third kappa shape index (κ3) is 4.01. The summed E-state index contributed by atoms with van der Waals surface area (Å²) < 4.78 is 7.13. The first kappa shape index (κ1) is 27.5. The lowest BCUT2D eigenvalue weighted by Gasteiger charge is -2.13. The van der Waals surface area contributed by atoms with Gasteiger partial charge >= 0.3 is 0 Å². The molecule has 0 aliphatic carbocycles. The van der Waals surface area contributed by atoms with Crippen LogP contribution in [0.2, 0.25) is 0 Å². The fourth-order valence-electron chi connectivity index (χ4n) is 7.64. The van der Waals surface area contributed by atoms with Crippen molar-refractivity contribution in [3.05, 3.63) is 157 Å². The molecular formula is C44H24N4S. The van der Waals surface area contributed by atoms with Crippen LogP contribution in [-0.4, -0.2) is 9.13 Å². The quantitative estimate of drug-likeness (QED) is 0.193. The summed E-state index contributed by atoms with van der Waals surface area (Å²) in [6.07, 6.45) is 0. The van der Waals surface area contributed by atoms with Crippen LogP contribution >= 0.6 is 11.3 Å². The van der Waals surface area contributed by atoms with E-state index in [-0.39, 0.29) is 0 Å². The average molecular weight is 641 g/mol. The van der Waals surface area contributed by atoms with Crippen LogP contribution in [-0.2, 0) is 0 Å². The topological polar surface area (TPSA) is 57.4 Å². The highest BCUT2D eigenvalue weighted by Gasteiger charge is 2.19. The molecule has 0 bridgehead atoms. The minimum atomic E-state index is 0.655. The second-order valence-corrected chi connectivity index (χ2v) is 13.5. The summed E-state index contributed by atoms with van der Waals surface area (Å²) in [6, 6.07) is 55.5. The molecule has 3 aromatic heterocycles. The van der Waals surface area contributed by atoms with E-state index in [2.05, 4.69) is 143 Å². The fourth-order valence-corrected chi connectivity index (χ4v) is 8.76. The van der Waals surface area contributed by atoms with Gasteiger partial charge in [0.15, 0.2) is 0 Å². The van der Waals surface area contributed by atoms with Gasteiger partial charge in [-0.25, -0.2) is 0 Å².